The predicted molar refractivity (Wildman–Crippen MR) is 75.5 cm³/mol. The predicted octanol–water partition coefficient (Wildman–Crippen LogP) is 3.20. The van der Waals surface area contributed by atoms with E-state index < -0.39 is 0 Å². The highest BCUT2D eigenvalue weighted by molar-refractivity contribution is 9.10. The summed E-state index contributed by atoms with van der Waals surface area (Å²) in [5.41, 5.74) is 0.851. The third-order valence-corrected chi connectivity index (χ3v) is 2.87. The quantitative estimate of drug-likeness (QED) is 0.364. The molecule has 1 aromatic carbocycles. The van der Waals surface area contributed by atoms with Crippen molar-refractivity contribution in [2.45, 2.75) is 25.7 Å². The topological polar surface area (TPSA) is 71.4 Å². The SMILES string of the molecule is N#CCCCCCOc1ccc(Br)cc1C=NN. The number of nitrogens with zero attached hydrogens (tertiary/aromatic N) is 2. The molecule has 0 aromatic heterocycles. The van der Waals surface area contributed by atoms with Crippen molar-refractivity contribution >= 4 is 22.1 Å². The molecular weight excluding hydrogens is 294 g/mol. The normalized spacial score (nSPS) is 10.4. The molecule has 0 saturated heterocycles. The number of hydrogen-bond donors (Lipinski definition) is 1. The lowest BCUT2D eigenvalue weighted by Gasteiger charge is -2.09. The Kier molecular flexibility index (Phi) is 6.89. The van der Waals surface area contributed by atoms with Crippen LogP contribution in [0.3, 0.4) is 0 Å². The summed E-state index contributed by atoms with van der Waals surface area (Å²) in [6.45, 7) is 0.637. The molecule has 96 valence electrons. The first-order valence-corrected chi connectivity index (χ1v) is 6.60. The van der Waals surface area contributed by atoms with Gasteiger partial charge in [-0.1, -0.05) is 15.9 Å². The number of halogens is 1. The lowest BCUT2D eigenvalue weighted by atomic mass is 10.2. The van der Waals surface area contributed by atoms with Gasteiger partial charge in [-0.05, 0) is 37.5 Å². The molecule has 0 aliphatic carbocycles. The zero-order chi connectivity index (χ0) is 13.2. The third kappa shape index (κ3) is 5.19. The van der Waals surface area contributed by atoms with Crippen molar-refractivity contribution in [2.75, 3.05) is 6.61 Å². The van der Waals surface area contributed by atoms with Crippen LogP contribution in [0.2, 0.25) is 0 Å². The molecule has 2 N–H and O–H groups in total. The van der Waals surface area contributed by atoms with Gasteiger partial charge in [0.1, 0.15) is 5.75 Å². The first-order valence-electron chi connectivity index (χ1n) is 5.80. The van der Waals surface area contributed by atoms with Gasteiger partial charge in [-0.15, -0.1) is 0 Å². The number of ether oxygens (including phenoxy) is 1. The third-order valence-electron chi connectivity index (χ3n) is 2.38. The Morgan fingerprint density at radius 1 is 1.39 bits per heavy atom. The zero-order valence-electron chi connectivity index (χ0n) is 10.1. The molecule has 0 aliphatic rings. The van der Waals surface area contributed by atoms with Crippen molar-refractivity contribution in [1.29, 1.82) is 5.26 Å². The molecule has 0 amide bonds. The largest absolute Gasteiger partial charge is 0.493 e. The van der Waals surface area contributed by atoms with E-state index in [0.717, 1.165) is 35.0 Å². The molecule has 4 nitrogen and oxygen atoms in total. The molecule has 0 unspecified atom stereocenters. The summed E-state index contributed by atoms with van der Waals surface area (Å²) in [7, 11) is 0. The summed E-state index contributed by atoms with van der Waals surface area (Å²) in [5.74, 6) is 5.93. The van der Waals surface area contributed by atoms with E-state index in [1.165, 1.54) is 0 Å². The zero-order valence-corrected chi connectivity index (χ0v) is 11.7. The molecule has 0 fully saturated rings. The smallest absolute Gasteiger partial charge is 0.128 e. The van der Waals surface area contributed by atoms with E-state index in [2.05, 4.69) is 27.1 Å². The van der Waals surface area contributed by atoms with Gasteiger partial charge in [0.05, 0.1) is 18.9 Å². The van der Waals surface area contributed by atoms with Gasteiger partial charge in [0, 0.05) is 16.5 Å². The lowest BCUT2D eigenvalue weighted by molar-refractivity contribution is 0.305. The number of nitriles is 1. The van der Waals surface area contributed by atoms with Crippen molar-refractivity contribution in [1.82, 2.24) is 0 Å². The van der Waals surface area contributed by atoms with Gasteiger partial charge in [0.25, 0.3) is 0 Å². The van der Waals surface area contributed by atoms with Crippen molar-refractivity contribution in [3.63, 3.8) is 0 Å². The van der Waals surface area contributed by atoms with Gasteiger partial charge >= 0.3 is 0 Å². The van der Waals surface area contributed by atoms with Crippen molar-refractivity contribution in [2.24, 2.45) is 10.9 Å². The van der Waals surface area contributed by atoms with Crippen LogP contribution in [0.25, 0.3) is 0 Å². The first-order chi connectivity index (χ1) is 8.77. The highest BCUT2D eigenvalue weighted by Gasteiger charge is 2.02. The lowest BCUT2D eigenvalue weighted by Crippen LogP contribution is -2.00. The summed E-state index contributed by atoms with van der Waals surface area (Å²) in [6, 6.07) is 7.84. The fourth-order valence-corrected chi connectivity index (χ4v) is 1.88. The van der Waals surface area contributed by atoms with Gasteiger partial charge in [-0.3, -0.25) is 0 Å². The van der Waals surface area contributed by atoms with Crippen LogP contribution in [-0.2, 0) is 0 Å². The number of unbranched alkanes of at least 4 members (excludes halogenated alkanes) is 3. The van der Waals surface area contributed by atoms with E-state index >= 15 is 0 Å². The molecule has 0 bridgehead atoms. The van der Waals surface area contributed by atoms with Gasteiger partial charge in [-0.2, -0.15) is 10.4 Å². The average molecular weight is 310 g/mol. The standard InChI is InChI=1S/C13H16BrN3O/c14-12-5-6-13(11(9-12)10-17-16)18-8-4-2-1-3-7-15/h5-6,9-10H,1-4,8,16H2. The monoisotopic (exact) mass is 309 g/mol. The Morgan fingerprint density at radius 3 is 2.94 bits per heavy atom. The second kappa shape index (κ2) is 8.54. The maximum absolute atomic E-state index is 8.41. The van der Waals surface area contributed by atoms with Crippen molar-refractivity contribution in [3.05, 3.63) is 28.2 Å². The van der Waals surface area contributed by atoms with Crippen LogP contribution in [0.4, 0.5) is 0 Å². The molecule has 1 aromatic rings. The highest BCUT2D eigenvalue weighted by atomic mass is 79.9. The number of hydrazone groups is 1. The Labute approximate surface area is 116 Å². The second-order valence-electron chi connectivity index (χ2n) is 3.78. The Bertz CT molecular complexity index is 440. The Balaban J connectivity index is 2.44. The van der Waals surface area contributed by atoms with Gasteiger partial charge in [0.15, 0.2) is 0 Å². The minimum absolute atomic E-state index is 0.614. The summed E-state index contributed by atoms with van der Waals surface area (Å²) in [5, 5.41) is 11.9. The second-order valence-corrected chi connectivity index (χ2v) is 4.69. The number of rotatable bonds is 7. The van der Waals surface area contributed by atoms with E-state index in [1.807, 2.05) is 18.2 Å². The van der Waals surface area contributed by atoms with Crippen LogP contribution in [-0.4, -0.2) is 12.8 Å². The number of hydrogen-bond acceptors (Lipinski definition) is 4. The van der Waals surface area contributed by atoms with Crippen molar-refractivity contribution in [3.8, 4) is 11.8 Å². The maximum Gasteiger partial charge on any atom is 0.128 e. The first kappa shape index (κ1) is 14.5. The molecule has 0 aliphatic heterocycles. The average Bonchev–Trinajstić information content (AvgIpc) is 2.36. The van der Waals surface area contributed by atoms with E-state index in [0.29, 0.717) is 13.0 Å². The highest BCUT2D eigenvalue weighted by Crippen LogP contribution is 2.22. The molecule has 0 saturated carbocycles. The van der Waals surface area contributed by atoms with E-state index in [1.54, 1.807) is 6.21 Å². The van der Waals surface area contributed by atoms with Gasteiger partial charge in [0.2, 0.25) is 0 Å². The number of nitrogens with two attached hydrogens (primary N) is 1. The summed E-state index contributed by atoms with van der Waals surface area (Å²) >= 11 is 3.39. The van der Waals surface area contributed by atoms with E-state index in [9.17, 15) is 0 Å². The van der Waals surface area contributed by atoms with Gasteiger partial charge in [-0.25, -0.2) is 0 Å². The van der Waals surface area contributed by atoms with Crippen molar-refractivity contribution < 1.29 is 4.74 Å². The summed E-state index contributed by atoms with van der Waals surface area (Å²) in [6.07, 6.45) is 5.05. The molecular formula is C13H16BrN3O. The van der Waals surface area contributed by atoms with Crippen LogP contribution in [0.5, 0.6) is 5.75 Å². The van der Waals surface area contributed by atoms with E-state index in [4.69, 9.17) is 15.8 Å². The molecule has 0 atom stereocenters. The van der Waals surface area contributed by atoms with Crippen LogP contribution in [0, 0.1) is 11.3 Å². The number of benzene rings is 1. The molecule has 5 heteroatoms. The minimum Gasteiger partial charge on any atom is -0.493 e. The van der Waals surface area contributed by atoms with Crippen LogP contribution in [0.1, 0.15) is 31.2 Å². The fraction of sp³-hybridized carbons (Fsp3) is 0.385. The summed E-state index contributed by atoms with van der Waals surface area (Å²) in [4.78, 5) is 0. The minimum atomic E-state index is 0.614. The van der Waals surface area contributed by atoms with Crippen LogP contribution in [0.15, 0.2) is 27.8 Å². The van der Waals surface area contributed by atoms with E-state index in [-0.39, 0.29) is 0 Å². The Morgan fingerprint density at radius 2 is 2.22 bits per heavy atom. The molecule has 18 heavy (non-hydrogen) atoms. The van der Waals surface area contributed by atoms with Crippen LogP contribution >= 0.6 is 15.9 Å². The van der Waals surface area contributed by atoms with Crippen LogP contribution < -0.4 is 10.6 Å². The molecule has 0 radical (unpaired) electrons. The Hall–Kier alpha value is -1.54. The molecule has 0 spiro atoms. The fourth-order valence-electron chi connectivity index (χ4n) is 1.50. The molecule has 0 heterocycles. The molecule has 1 rings (SSSR count). The maximum atomic E-state index is 8.41. The van der Waals surface area contributed by atoms with Gasteiger partial charge < -0.3 is 10.6 Å². The summed E-state index contributed by atoms with van der Waals surface area (Å²) < 4.78 is 6.63.